The first-order chi connectivity index (χ1) is 15.7. The van der Waals surface area contributed by atoms with E-state index in [0.29, 0.717) is 11.5 Å². The Morgan fingerprint density at radius 3 is 1.41 bits per heavy atom. The van der Waals surface area contributed by atoms with Gasteiger partial charge in [-0.2, -0.15) is 0 Å². The third kappa shape index (κ3) is 5.80. The van der Waals surface area contributed by atoms with Crippen molar-refractivity contribution in [2.45, 2.75) is 0 Å². The Hall–Kier alpha value is -4.44. The van der Waals surface area contributed by atoms with E-state index >= 15 is 0 Å². The van der Waals surface area contributed by atoms with Crippen molar-refractivity contribution < 1.29 is 19.1 Å². The Bertz CT molecular complexity index is 1190. The molecule has 0 N–H and O–H groups in total. The van der Waals surface area contributed by atoms with Gasteiger partial charge in [-0.3, -0.25) is 0 Å². The van der Waals surface area contributed by atoms with Crippen LogP contribution in [0.1, 0.15) is 11.1 Å². The van der Waals surface area contributed by atoms with Gasteiger partial charge in [0.1, 0.15) is 11.5 Å². The maximum absolute atomic E-state index is 12.1. The maximum Gasteiger partial charge on any atom is 0.336 e. The number of fused-ring (bicyclic) bond motifs is 1. The normalized spacial score (nSPS) is 11.1. The summed E-state index contributed by atoms with van der Waals surface area (Å²) < 4.78 is 10.8. The predicted molar refractivity (Wildman–Crippen MR) is 126 cm³/mol. The van der Waals surface area contributed by atoms with Gasteiger partial charge in [0.25, 0.3) is 0 Å². The largest absolute Gasteiger partial charge is 0.423 e. The highest BCUT2D eigenvalue weighted by Gasteiger charge is 2.06. The molecule has 0 aromatic heterocycles. The standard InChI is InChI=1S/C28H20O4/c29-27(17-11-21-7-3-1-4-8-21)31-25-15-13-23-14-16-26(20-24(23)19-25)32-28(30)18-12-22-9-5-2-6-10-22/h1-20H/b17-11-,18-12-. The average Bonchev–Trinajstić information content (AvgIpc) is 2.82. The monoisotopic (exact) mass is 420 g/mol. The van der Waals surface area contributed by atoms with Crippen molar-refractivity contribution in [2.24, 2.45) is 0 Å². The van der Waals surface area contributed by atoms with Crippen LogP contribution in [0, 0.1) is 0 Å². The SMILES string of the molecule is O=C(/C=C\c1ccccc1)Oc1ccc2ccc(OC(=O)/C=C\c3ccccc3)cc2c1. The lowest BCUT2D eigenvalue weighted by atomic mass is 10.1. The molecule has 0 unspecified atom stereocenters. The summed E-state index contributed by atoms with van der Waals surface area (Å²) in [4.78, 5) is 24.3. The minimum Gasteiger partial charge on any atom is -0.423 e. The second kappa shape index (κ2) is 10.0. The number of carbonyl (C=O) groups excluding carboxylic acids is 2. The van der Waals surface area contributed by atoms with Crippen LogP contribution in [0.15, 0.2) is 109 Å². The van der Waals surface area contributed by atoms with Gasteiger partial charge in [-0.1, -0.05) is 72.8 Å². The molecule has 0 radical (unpaired) electrons. The molecule has 0 aliphatic carbocycles. The van der Waals surface area contributed by atoms with Crippen LogP contribution in [0.4, 0.5) is 0 Å². The first-order valence-corrected chi connectivity index (χ1v) is 10.1. The van der Waals surface area contributed by atoms with Crippen LogP contribution in [-0.4, -0.2) is 11.9 Å². The Morgan fingerprint density at radius 2 is 0.969 bits per heavy atom. The molecule has 0 spiro atoms. The lowest BCUT2D eigenvalue weighted by Crippen LogP contribution is -2.04. The molecule has 0 amide bonds. The van der Waals surface area contributed by atoms with Crippen molar-refractivity contribution >= 4 is 34.9 Å². The molecule has 4 heteroatoms. The Labute approximate surface area is 186 Å². The summed E-state index contributed by atoms with van der Waals surface area (Å²) in [6.07, 6.45) is 6.17. The van der Waals surface area contributed by atoms with Gasteiger partial charge in [0, 0.05) is 12.2 Å². The van der Waals surface area contributed by atoms with E-state index in [2.05, 4.69) is 0 Å². The molecule has 0 heterocycles. The number of rotatable bonds is 6. The van der Waals surface area contributed by atoms with Crippen LogP contribution in [0.3, 0.4) is 0 Å². The van der Waals surface area contributed by atoms with Gasteiger partial charge >= 0.3 is 11.9 Å². The number of benzene rings is 4. The topological polar surface area (TPSA) is 52.6 Å². The van der Waals surface area contributed by atoms with Crippen molar-refractivity contribution in [3.63, 3.8) is 0 Å². The molecule has 0 bridgehead atoms. The fourth-order valence-electron chi connectivity index (χ4n) is 3.09. The number of ether oxygens (including phenoxy) is 2. The fraction of sp³-hybridized carbons (Fsp3) is 0. The van der Waals surface area contributed by atoms with Crippen molar-refractivity contribution in [2.75, 3.05) is 0 Å². The molecular weight excluding hydrogens is 400 g/mol. The highest BCUT2D eigenvalue weighted by Crippen LogP contribution is 2.25. The van der Waals surface area contributed by atoms with Gasteiger partial charge in [0.15, 0.2) is 0 Å². The number of esters is 2. The van der Waals surface area contributed by atoms with Crippen LogP contribution < -0.4 is 9.47 Å². The van der Waals surface area contributed by atoms with Crippen LogP contribution >= 0.6 is 0 Å². The van der Waals surface area contributed by atoms with E-state index < -0.39 is 11.9 Å². The molecule has 0 saturated carbocycles. The van der Waals surface area contributed by atoms with Crippen molar-refractivity contribution in [3.05, 3.63) is 120 Å². The quantitative estimate of drug-likeness (QED) is 0.216. The van der Waals surface area contributed by atoms with Crippen LogP contribution in [0.5, 0.6) is 11.5 Å². The second-order valence-electron chi connectivity index (χ2n) is 7.00. The molecule has 4 rings (SSSR count). The molecule has 4 aromatic rings. The maximum atomic E-state index is 12.1. The first-order valence-electron chi connectivity index (χ1n) is 10.1. The lowest BCUT2D eigenvalue weighted by Gasteiger charge is -2.06. The Kier molecular flexibility index (Phi) is 6.54. The summed E-state index contributed by atoms with van der Waals surface area (Å²) in [6, 6.07) is 29.6. The molecule has 0 fully saturated rings. The average molecular weight is 420 g/mol. The van der Waals surface area contributed by atoms with E-state index in [9.17, 15) is 9.59 Å². The molecule has 0 atom stereocenters. The van der Waals surface area contributed by atoms with Crippen molar-refractivity contribution in [1.29, 1.82) is 0 Å². The molecule has 4 aromatic carbocycles. The van der Waals surface area contributed by atoms with Gasteiger partial charge < -0.3 is 9.47 Å². The molecule has 0 aliphatic heterocycles. The summed E-state index contributed by atoms with van der Waals surface area (Å²) in [5.74, 6) is -0.121. The number of carbonyl (C=O) groups is 2. The van der Waals surface area contributed by atoms with Gasteiger partial charge in [0.05, 0.1) is 0 Å². The third-order valence-electron chi connectivity index (χ3n) is 4.64. The highest BCUT2D eigenvalue weighted by molar-refractivity contribution is 5.92. The Balaban J connectivity index is 1.43. The summed E-state index contributed by atoms with van der Waals surface area (Å²) in [6.45, 7) is 0. The molecule has 32 heavy (non-hydrogen) atoms. The number of hydrogen-bond acceptors (Lipinski definition) is 4. The zero-order valence-electron chi connectivity index (χ0n) is 17.2. The van der Waals surface area contributed by atoms with Gasteiger partial charge in [-0.25, -0.2) is 9.59 Å². The Morgan fingerprint density at radius 1 is 0.531 bits per heavy atom. The van der Waals surface area contributed by atoms with Gasteiger partial charge in [-0.15, -0.1) is 0 Å². The van der Waals surface area contributed by atoms with Crippen molar-refractivity contribution in [1.82, 2.24) is 0 Å². The smallest absolute Gasteiger partial charge is 0.336 e. The van der Waals surface area contributed by atoms with E-state index in [1.807, 2.05) is 72.8 Å². The van der Waals surface area contributed by atoms with E-state index in [1.165, 1.54) is 12.2 Å². The summed E-state index contributed by atoms with van der Waals surface area (Å²) in [5, 5.41) is 1.73. The van der Waals surface area contributed by atoms with E-state index in [1.54, 1.807) is 36.4 Å². The van der Waals surface area contributed by atoms with E-state index in [4.69, 9.17) is 9.47 Å². The molecule has 0 saturated heterocycles. The summed E-state index contributed by atoms with van der Waals surface area (Å²) >= 11 is 0. The zero-order chi connectivity index (χ0) is 22.2. The number of hydrogen-bond donors (Lipinski definition) is 0. The predicted octanol–water partition coefficient (Wildman–Crippen LogP) is 6.08. The zero-order valence-corrected chi connectivity index (χ0v) is 17.2. The molecule has 0 aliphatic rings. The van der Waals surface area contributed by atoms with Crippen LogP contribution in [-0.2, 0) is 9.59 Å². The summed E-state index contributed by atoms with van der Waals surface area (Å²) in [7, 11) is 0. The molecule has 4 nitrogen and oxygen atoms in total. The van der Waals surface area contributed by atoms with E-state index in [-0.39, 0.29) is 0 Å². The van der Waals surface area contributed by atoms with Crippen LogP contribution in [0.2, 0.25) is 0 Å². The minimum atomic E-state index is -0.471. The van der Waals surface area contributed by atoms with E-state index in [0.717, 1.165) is 21.9 Å². The van der Waals surface area contributed by atoms with Crippen LogP contribution in [0.25, 0.3) is 22.9 Å². The van der Waals surface area contributed by atoms with Gasteiger partial charge in [0.2, 0.25) is 0 Å². The minimum absolute atomic E-state index is 0.410. The lowest BCUT2D eigenvalue weighted by molar-refractivity contribution is -0.129. The first kappa shape index (κ1) is 20.8. The third-order valence-corrected chi connectivity index (χ3v) is 4.64. The highest BCUT2D eigenvalue weighted by atomic mass is 16.5. The summed E-state index contributed by atoms with van der Waals surface area (Å²) in [5.41, 5.74) is 1.83. The fourth-order valence-corrected chi connectivity index (χ4v) is 3.09. The van der Waals surface area contributed by atoms with Gasteiger partial charge in [-0.05, 0) is 58.3 Å². The van der Waals surface area contributed by atoms with Crippen molar-refractivity contribution in [3.8, 4) is 11.5 Å². The molecular formula is C28H20O4. The second-order valence-corrected chi connectivity index (χ2v) is 7.00. The molecule has 156 valence electrons.